The minimum atomic E-state index is -0.257. The Hall–Kier alpha value is -3.52. The summed E-state index contributed by atoms with van der Waals surface area (Å²) in [5.74, 6) is 0.498. The zero-order valence-corrected chi connectivity index (χ0v) is 18.0. The van der Waals surface area contributed by atoms with Crippen LogP contribution in [0.3, 0.4) is 0 Å². The molecule has 2 aromatic heterocycles. The highest BCUT2D eigenvalue weighted by Crippen LogP contribution is 2.32. The molecular weight excluding hydrogens is 412 g/mol. The smallest absolute Gasteiger partial charge is 0.273 e. The van der Waals surface area contributed by atoms with Crippen LogP contribution in [0.2, 0.25) is 0 Å². The number of hydrogen-bond acceptors (Lipinski definition) is 6. The minimum absolute atomic E-state index is 0.0904. The normalized spacial score (nSPS) is 13.2. The predicted molar refractivity (Wildman–Crippen MR) is 121 cm³/mol. The summed E-state index contributed by atoms with van der Waals surface area (Å²) in [6.07, 6.45) is 1.44. The van der Waals surface area contributed by atoms with Gasteiger partial charge in [-0.2, -0.15) is 4.37 Å². The van der Waals surface area contributed by atoms with Crippen molar-refractivity contribution in [3.05, 3.63) is 70.3 Å². The van der Waals surface area contributed by atoms with Crippen LogP contribution in [0, 0.1) is 13.8 Å². The molecule has 156 valence electrons. The van der Waals surface area contributed by atoms with Crippen LogP contribution in [0.1, 0.15) is 11.1 Å². The highest BCUT2D eigenvalue weighted by Gasteiger charge is 2.25. The summed E-state index contributed by atoms with van der Waals surface area (Å²) in [7, 11) is 0. The molecule has 0 N–H and O–H groups in total. The van der Waals surface area contributed by atoms with Gasteiger partial charge in [0.25, 0.3) is 5.56 Å². The molecule has 0 saturated carbocycles. The Morgan fingerprint density at radius 2 is 2.00 bits per heavy atom. The van der Waals surface area contributed by atoms with Gasteiger partial charge in [0, 0.05) is 5.56 Å². The summed E-state index contributed by atoms with van der Waals surface area (Å²) in [5.41, 5.74) is 4.81. The lowest BCUT2D eigenvalue weighted by atomic mass is 10.1. The Labute approximate surface area is 182 Å². The van der Waals surface area contributed by atoms with Crippen molar-refractivity contribution in [2.24, 2.45) is 0 Å². The fourth-order valence-electron chi connectivity index (χ4n) is 3.77. The summed E-state index contributed by atoms with van der Waals surface area (Å²) < 4.78 is 11.9. The molecule has 0 spiro atoms. The van der Waals surface area contributed by atoms with Gasteiger partial charge in [-0.15, -0.1) is 0 Å². The second kappa shape index (κ2) is 7.63. The number of carbonyl (C=O) groups excluding carboxylic acids is 1. The van der Waals surface area contributed by atoms with Gasteiger partial charge in [0.2, 0.25) is 5.91 Å². The van der Waals surface area contributed by atoms with Crippen LogP contribution >= 0.6 is 11.5 Å². The molecule has 0 aliphatic carbocycles. The van der Waals surface area contributed by atoms with Crippen molar-refractivity contribution >= 4 is 33.3 Å². The van der Waals surface area contributed by atoms with Crippen molar-refractivity contribution in [1.29, 1.82) is 0 Å². The van der Waals surface area contributed by atoms with E-state index in [1.807, 2.05) is 56.3 Å². The van der Waals surface area contributed by atoms with E-state index in [0.29, 0.717) is 34.8 Å². The molecule has 1 amide bonds. The van der Waals surface area contributed by atoms with E-state index in [0.717, 1.165) is 33.9 Å². The van der Waals surface area contributed by atoms with Crippen molar-refractivity contribution < 1.29 is 9.53 Å². The number of hydrogen-bond donors (Lipinski definition) is 0. The highest BCUT2D eigenvalue weighted by molar-refractivity contribution is 7.13. The van der Waals surface area contributed by atoms with Crippen molar-refractivity contribution in [2.75, 3.05) is 18.1 Å². The van der Waals surface area contributed by atoms with Gasteiger partial charge in [0.05, 0.1) is 18.6 Å². The van der Waals surface area contributed by atoms with Gasteiger partial charge in [0.15, 0.2) is 0 Å². The van der Waals surface area contributed by atoms with Gasteiger partial charge in [-0.3, -0.25) is 14.2 Å². The Kier molecular flexibility index (Phi) is 4.78. The number of nitrogens with zero attached hydrogens (tertiary/aromatic N) is 4. The van der Waals surface area contributed by atoms with Crippen molar-refractivity contribution in [1.82, 2.24) is 13.9 Å². The third kappa shape index (κ3) is 3.48. The summed E-state index contributed by atoms with van der Waals surface area (Å²) in [6.45, 7) is 4.75. The molecule has 0 unspecified atom stereocenters. The Morgan fingerprint density at radius 3 is 2.84 bits per heavy atom. The van der Waals surface area contributed by atoms with Crippen LogP contribution in [-0.2, 0) is 11.3 Å². The lowest BCUT2D eigenvalue weighted by molar-refractivity contribution is -0.119. The van der Waals surface area contributed by atoms with Gasteiger partial charge < -0.3 is 9.64 Å². The maximum atomic E-state index is 13.1. The van der Waals surface area contributed by atoms with Crippen molar-refractivity contribution in [3.8, 4) is 17.0 Å². The van der Waals surface area contributed by atoms with Crippen LogP contribution in [0.4, 0.5) is 5.69 Å². The van der Waals surface area contributed by atoms with Gasteiger partial charge in [-0.05, 0) is 49.1 Å². The summed E-state index contributed by atoms with van der Waals surface area (Å²) in [5, 5.41) is 0. The first-order chi connectivity index (χ1) is 15.0. The molecule has 5 rings (SSSR count). The molecule has 0 radical (unpaired) electrons. The van der Waals surface area contributed by atoms with Gasteiger partial charge in [0.1, 0.15) is 34.8 Å². The molecule has 7 nitrogen and oxygen atoms in total. The number of aryl methyl sites for hydroxylation is 2. The van der Waals surface area contributed by atoms with Gasteiger partial charge in [-0.25, -0.2) is 4.98 Å². The molecule has 0 saturated heterocycles. The number of amides is 1. The number of fused-ring (bicyclic) bond motifs is 2. The van der Waals surface area contributed by atoms with E-state index in [1.165, 1.54) is 10.9 Å². The maximum Gasteiger partial charge on any atom is 0.273 e. The number of rotatable bonds is 3. The molecule has 1 aliphatic heterocycles. The van der Waals surface area contributed by atoms with E-state index in [9.17, 15) is 9.59 Å². The lowest BCUT2D eigenvalue weighted by Crippen LogP contribution is -2.41. The fraction of sp³-hybridized carbons (Fsp3) is 0.217. The molecule has 1 aliphatic rings. The Balaban J connectivity index is 1.47. The first-order valence-electron chi connectivity index (χ1n) is 9.97. The maximum absolute atomic E-state index is 13.1. The molecule has 0 fully saturated rings. The number of benzene rings is 2. The quantitative estimate of drug-likeness (QED) is 0.495. The highest BCUT2D eigenvalue weighted by atomic mass is 32.1. The molecular formula is C23H20N4O3S. The zero-order chi connectivity index (χ0) is 21.5. The first-order valence-corrected chi connectivity index (χ1v) is 10.7. The second-order valence-corrected chi connectivity index (χ2v) is 8.39. The average molecular weight is 433 g/mol. The number of aromatic nitrogens is 3. The molecule has 0 atom stereocenters. The van der Waals surface area contributed by atoms with Crippen LogP contribution in [0.25, 0.3) is 21.5 Å². The van der Waals surface area contributed by atoms with Crippen LogP contribution in [-0.4, -0.2) is 33.0 Å². The summed E-state index contributed by atoms with van der Waals surface area (Å²) >= 11 is 1.12. The number of anilines is 1. The predicted octanol–water partition coefficient (Wildman–Crippen LogP) is 3.56. The molecule has 8 heteroatoms. The zero-order valence-electron chi connectivity index (χ0n) is 17.2. The van der Waals surface area contributed by atoms with E-state index in [4.69, 9.17) is 4.74 Å². The lowest BCUT2D eigenvalue weighted by Gasteiger charge is -2.30. The standard InChI is InChI=1S/C23H20N4O3S/c1-14-4-3-5-16(10-14)20-21-22(31-25-20)23(29)26(13-24-21)12-19(28)27-8-9-30-18-7-6-15(2)11-17(18)27/h3-7,10-11,13H,8-9,12H2,1-2H3. The van der Waals surface area contributed by atoms with Gasteiger partial charge >= 0.3 is 0 Å². The van der Waals surface area contributed by atoms with Crippen LogP contribution in [0.5, 0.6) is 5.75 Å². The molecule has 2 aromatic carbocycles. The largest absolute Gasteiger partial charge is 0.490 e. The van der Waals surface area contributed by atoms with E-state index >= 15 is 0 Å². The van der Waals surface area contributed by atoms with E-state index in [1.54, 1.807) is 4.90 Å². The number of ether oxygens (including phenoxy) is 1. The average Bonchev–Trinajstić information content (AvgIpc) is 3.20. The van der Waals surface area contributed by atoms with Gasteiger partial charge in [-0.1, -0.05) is 29.8 Å². The summed E-state index contributed by atoms with van der Waals surface area (Å²) in [6, 6.07) is 13.7. The SMILES string of the molecule is Cc1cccc(-c2nsc3c(=O)n(CC(=O)N4CCOc5ccc(C)cc54)cnc23)c1. The van der Waals surface area contributed by atoms with E-state index < -0.39 is 0 Å². The van der Waals surface area contributed by atoms with Crippen LogP contribution < -0.4 is 15.2 Å². The molecule has 4 aromatic rings. The topological polar surface area (TPSA) is 77.3 Å². The summed E-state index contributed by atoms with van der Waals surface area (Å²) in [4.78, 5) is 32.3. The number of carbonyl (C=O) groups is 1. The fourth-order valence-corrected chi connectivity index (χ4v) is 4.57. The van der Waals surface area contributed by atoms with E-state index in [-0.39, 0.29) is 18.0 Å². The molecule has 0 bridgehead atoms. The van der Waals surface area contributed by atoms with Crippen LogP contribution in [0.15, 0.2) is 53.6 Å². The third-order valence-electron chi connectivity index (χ3n) is 5.32. The second-order valence-electron chi connectivity index (χ2n) is 7.62. The van der Waals surface area contributed by atoms with Crippen molar-refractivity contribution in [2.45, 2.75) is 20.4 Å². The molecule has 31 heavy (non-hydrogen) atoms. The first kappa shape index (κ1) is 19.4. The Bertz CT molecular complexity index is 1380. The minimum Gasteiger partial charge on any atom is -0.490 e. The Morgan fingerprint density at radius 1 is 1.16 bits per heavy atom. The monoisotopic (exact) mass is 432 g/mol. The van der Waals surface area contributed by atoms with Crippen molar-refractivity contribution in [3.63, 3.8) is 0 Å². The third-order valence-corrected chi connectivity index (χ3v) is 6.15. The van der Waals surface area contributed by atoms with E-state index in [2.05, 4.69) is 9.36 Å². The molecule has 3 heterocycles.